The molecule has 0 saturated heterocycles. The van der Waals surface area contributed by atoms with Crippen molar-refractivity contribution in [1.82, 2.24) is 29.9 Å². The van der Waals surface area contributed by atoms with E-state index < -0.39 is 0 Å². The van der Waals surface area contributed by atoms with Crippen molar-refractivity contribution in [2.24, 2.45) is 14.1 Å². The summed E-state index contributed by atoms with van der Waals surface area (Å²) in [4.78, 5) is 12.3. The average Bonchev–Trinajstić information content (AvgIpc) is 3.39. The number of thioether (sulfide) groups is 1. The molecule has 2 aromatic heterocycles. The molecular formula is C23H23FN6O2S. The highest BCUT2D eigenvalue weighted by Gasteiger charge is 2.19. The second kappa shape index (κ2) is 9.86. The fraction of sp³-hybridized carbons (Fsp3) is 0.217. The Balaban J connectivity index is 1.46. The zero-order valence-corrected chi connectivity index (χ0v) is 19.3. The van der Waals surface area contributed by atoms with Gasteiger partial charge in [-0.1, -0.05) is 36.0 Å². The van der Waals surface area contributed by atoms with Crippen LogP contribution in [0.1, 0.15) is 5.56 Å². The molecule has 0 aliphatic carbocycles. The van der Waals surface area contributed by atoms with E-state index in [9.17, 15) is 9.18 Å². The van der Waals surface area contributed by atoms with Gasteiger partial charge in [-0.05, 0) is 29.8 Å². The van der Waals surface area contributed by atoms with E-state index in [1.54, 1.807) is 23.9 Å². The molecule has 4 rings (SSSR count). The van der Waals surface area contributed by atoms with E-state index in [0.29, 0.717) is 17.5 Å². The first-order valence-electron chi connectivity index (χ1n) is 10.2. The molecular weight excluding hydrogens is 443 g/mol. The van der Waals surface area contributed by atoms with E-state index in [4.69, 9.17) is 4.74 Å². The normalized spacial score (nSPS) is 10.9. The van der Waals surface area contributed by atoms with Crippen LogP contribution in [0.15, 0.2) is 59.9 Å². The maximum Gasteiger partial charge on any atom is 0.230 e. The zero-order chi connectivity index (χ0) is 23.4. The third kappa shape index (κ3) is 5.23. The van der Waals surface area contributed by atoms with Gasteiger partial charge < -0.3 is 14.6 Å². The molecule has 0 aliphatic heterocycles. The van der Waals surface area contributed by atoms with Crippen LogP contribution in [0.4, 0.5) is 4.39 Å². The number of benzene rings is 2. The Labute approximate surface area is 194 Å². The molecule has 0 saturated carbocycles. The number of halogens is 1. The van der Waals surface area contributed by atoms with Crippen molar-refractivity contribution in [3.05, 3.63) is 66.1 Å². The average molecular weight is 467 g/mol. The highest BCUT2D eigenvalue weighted by atomic mass is 32.2. The molecule has 4 aromatic rings. The number of nitrogens with zero attached hydrogens (tertiary/aromatic N) is 5. The number of ether oxygens (including phenoxy) is 1. The van der Waals surface area contributed by atoms with Crippen molar-refractivity contribution >= 4 is 17.7 Å². The van der Waals surface area contributed by atoms with Crippen molar-refractivity contribution in [2.45, 2.75) is 11.7 Å². The van der Waals surface area contributed by atoms with Crippen LogP contribution in [0.25, 0.3) is 22.6 Å². The topological polar surface area (TPSA) is 86.9 Å². The highest BCUT2D eigenvalue weighted by Crippen LogP contribution is 2.32. The predicted molar refractivity (Wildman–Crippen MR) is 124 cm³/mol. The van der Waals surface area contributed by atoms with E-state index in [2.05, 4.69) is 20.6 Å². The Morgan fingerprint density at radius 3 is 2.70 bits per heavy atom. The van der Waals surface area contributed by atoms with Gasteiger partial charge in [0.05, 0.1) is 18.4 Å². The lowest BCUT2D eigenvalue weighted by atomic mass is 10.1. The maximum atomic E-state index is 13.0. The largest absolute Gasteiger partial charge is 0.497 e. The molecule has 0 atom stereocenters. The fourth-order valence-electron chi connectivity index (χ4n) is 3.29. The van der Waals surface area contributed by atoms with Gasteiger partial charge >= 0.3 is 0 Å². The van der Waals surface area contributed by atoms with Crippen molar-refractivity contribution in [3.8, 4) is 28.4 Å². The number of methoxy groups -OCH3 is 1. The van der Waals surface area contributed by atoms with Crippen molar-refractivity contribution < 1.29 is 13.9 Å². The van der Waals surface area contributed by atoms with E-state index >= 15 is 0 Å². The molecule has 0 aliphatic rings. The van der Waals surface area contributed by atoms with Gasteiger partial charge in [0, 0.05) is 32.4 Å². The number of carbonyl (C=O) groups is 1. The van der Waals surface area contributed by atoms with Crippen LogP contribution in [0.5, 0.6) is 5.75 Å². The van der Waals surface area contributed by atoms with Crippen LogP contribution >= 0.6 is 11.8 Å². The standard InChI is InChI=1S/C23H23FN6O2S/c1-29-13-19(21(28-29)16-5-4-6-18(11-16)32-3)22-26-27-23(30(22)2)33-14-20(31)25-12-15-7-9-17(24)10-8-15/h4-11,13H,12,14H2,1-3H3,(H,25,31). The zero-order valence-electron chi connectivity index (χ0n) is 18.4. The number of hydrogen-bond donors (Lipinski definition) is 1. The lowest BCUT2D eigenvalue weighted by Gasteiger charge is -2.07. The van der Waals surface area contributed by atoms with Crippen molar-refractivity contribution in [3.63, 3.8) is 0 Å². The summed E-state index contributed by atoms with van der Waals surface area (Å²) in [6, 6.07) is 13.7. The molecule has 0 bridgehead atoms. The first-order valence-corrected chi connectivity index (χ1v) is 11.1. The molecule has 2 aromatic carbocycles. The fourth-order valence-corrected chi connectivity index (χ4v) is 4.04. The summed E-state index contributed by atoms with van der Waals surface area (Å²) in [5.41, 5.74) is 3.33. The van der Waals surface area contributed by atoms with Crippen LogP contribution in [-0.4, -0.2) is 43.3 Å². The van der Waals surface area contributed by atoms with Crippen LogP contribution in [-0.2, 0) is 25.4 Å². The Morgan fingerprint density at radius 1 is 1.15 bits per heavy atom. The lowest BCUT2D eigenvalue weighted by Crippen LogP contribution is -2.24. The summed E-state index contributed by atoms with van der Waals surface area (Å²) in [7, 11) is 5.33. The summed E-state index contributed by atoms with van der Waals surface area (Å²) in [5.74, 6) is 1.12. The maximum absolute atomic E-state index is 13.0. The van der Waals surface area contributed by atoms with Gasteiger partial charge in [-0.25, -0.2) is 4.39 Å². The van der Waals surface area contributed by atoms with Crippen molar-refractivity contribution in [1.29, 1.82) is 0 Å². The van der Waals surface area contributed by atoms with Gasteiger partial charge in [0.25, 0.3) is 0 Å². The Bertz CT molecular complexity index is 1270. The minimum Gasteiger partial charge on any atom is -0.497 e. The monoisotopic (exact) mass is 466 g/mol. The number of aryl methyl sites for hydroxylation is 1. The van der Waals surface area contributed by atoms with Crippen LogP contribution in [0.3, 0.4) is 0 Å². The molecule has 0 fully saturated rings. The van der Waals surface area contributed by atoms with Gasteiger partial charge in [-0.2, -0.15) is 5.10 Å². The molecule has 0 unspecified atom stereocenters. The number of hydrogen-bond acceptors (Lipinski definition) is 6. The molecule has 33 heavy (non-hydrogen) atoms. The summed E-state index contributed by atoms with van der Waals surface area (Å²) >= 11 is 1.29. The molecule has 170 valence electrons. The second-order valence-corrected chi connectivity index (χ2v) is 8.30. The van der Waals surface area contributed by atoms with Crippen LogP contribution in [0.2, 0.25) is 0 Å². The number of rotatable bonds is 8. The first-order chi connectivity index (χ1) is 15.9. The Morgan fingerprint density at radius 2 is 1.94 bits per heavy atom. The van der Waals surface area contributed by atoms with E-state index in [1.807, 2.05) is 49.1 Å². The molecule has 1 amide bonds. The third-order valence-electron chi connectivity index (χ3n) is 4.98. The first kappa shape index (κ1) is 22.5. The summed E-state index contributed by atoms with van der Waals surface area (Å²) in [6.07, 6.45) is 1.89. The smallest absolute Gasteiger partial charge is 0.230 e. The number of carbonyl (C=O) groups excluding carboxylic acids is 1. The number of amides is 1. The molecule has 0 spiro atoms. The van der Waals surface area contributed by atoms with Gasteiger partial charge in [-0.15, -0.1) is 10.2 Å². The quantitative estimate of drug-likeness (QED) is 0.401. The van der Waals surface area contributed by atoms with Gasteiger partial charge in [0.1, 0.15) is 17.3 Å². The predicted octanol–water partition coefficient (Wildman–Crippen LogP) is 3.44. The van der Waals surface area contributed by atoms with E-state index in [1.165, 1.54) is 23.9 Å². The molecule has 10 heteroatoms. The minimum absolute atomic E-state index is 0.146. The Kier molecular flexibility index (Phi) is 6.74. The van der Waals surface area contributed by atoms with Gasteiger partial charge in [0.15, 0.2) is 11.0 Å². The second-order valence-electron chi connectivity index (χ2n) is 7.35. The third-order valence-corrected chi connectivity index (χ3v) is 6.00. The van der Waals surface area contributed by atoms with Gasteiger partial charge in [-0.3, -0.25) is 9.48 Å². The Hall–Kier alpha value is -3.66. The van der Waals surface area contributed by atoms with Gasteiger partial charge in [0.2, 0.25) is 5.91 Å². The van der Waals surface area contributed by atoms with E-state index in [0.717, 1.165) is 28.1 Å². The summed E-state index contributed by atoms with van der Waals surface area (Å²) in [6.45, 7) is 0.337. The van der Waals surface area contributed by atoms with Crippen molar-refractivity contribution in [2.75, 3.05) is 12.9 Å². The lowest BCUT2D eigenvalue weighted by molar-refractivity contribution is -0.118. The molecule has 2 heterocycles. The van der Waals surface area contributed by atoms with E-state index in [-0.39, 0.29) is 17.5 Å². The molecule has 1 N–H and O–H groups in total. The summed E-state index contributed by atoms with van der Waals surface area (Å²) in [5, 5.41) is 16.7. The number of nitrogens with one attached hydrogen (secondary N) is 1. The highest BCUT2D eigenvalue weighted by molar-refractivity contribution is 7.99. The van der Waals surface area contributed by atoms with Crippen LogP contribution < -0.4 is 10.1 Å². The minimum atomic E-state index is -0.304. The molecule has 0 radical (unpaired) electrons. The number of aromatic nitrogens is 5. The van der Waals surface area contributed by atoms with Crippen LogP contribution in [0, 0.1) is 5.82 Å². The SMILES string of the molecule is COc1cccc(-c2nn(C)cc2-c2nnc(SCC(=O)NCc3ccc(F)cc3)n2C)c1. The summed E-state index contributed by atoms with van der Waals surface area (Å²) < 4.78 is 21.9. The molecule has 8 nitrogen and oxygen atoms in total.